The molecule has 25 heavy (non-hydrogen) atoms. The molecule has 0 aliphatic carbocycles. The average Bonchev–Trinajstić information content (AvgIpc) is 3.02. The zero-order valence-electron chi connectivity index (χ0n) is 13.6. The van der Waals surface area contributed by atoms with E-state index in [1.165, 1.54) is 7.11 Å². The first-order valence-electron chi connectivity index (χ1n) is 7.86. The minimum Gasteiger partial charge on any atom is -0.465 e. The van der Waals surface area contributed by atoms with E-state index in [1.54, 1.807) is 4.40 Å². The molecule has 0 aliphatic rings. The summed E-state index contributed by atoms with van der Waals surface area (Å²) in [5.41, 5.74) is 2.95. The summed E-state index contributed by atoms with van der Waals surface area (Å²) in [6.07, 6.45) is 1.83. The SMILES string of the molecule is COC(=O)c1c(-c2ccccc2)c(C#N)n2ccc3ccccc3c12. The van der Waals surface area contributed by atoms with Crippen molar-refractivity contribution in [2.75, 3.05) is 7.11 Å². The molecule has 4 nitrogen and oxygen atoms in total. The molecule has 120 valence electrons. The number of hydrogen-bond acceptors (Lipinski definition) is 3. The molecule has 0 saturated carbocycles. The molecular weight excluding hydrogens is 312 g/mol. The first-order chi connectivity index (χ1) is 12.3. The lowest BCUT2D eigenvalue weighted by Crippen LogP contribution is -2.02. The summed E-state index contributed by atoms with van der Waals surface area (Å²) < 4.78 is 6.83. The number of hydrogen-bond donors (Lipinski definition) is 0. The molecule has 0 radical (unpaired) electrons. The monoisotopic (exact) mass is 326 g/mol. The van der Waals surface area contributed by atoms with Gasteiger partial charge < -0.3 is 9.14 Å². The number of methoxy groups -OCH3 is 1. The van der Waals surface area contributed by atoms with Gasteiger partial charge in [-0.2, -0.15) is 5.26 Å². The maximum atomic E-state index is 12.6. The standard InChI is InChI=1S/C21H14N2O2/c1-25-21(24)19-18(15-8-3-2-4-9-15)17(13-22)23-12-11-14-7-5-6-10-16(14)20(19)23/h2-12H,1H3. The Morgan fingerprint density at radius 3 is 2.48 bits per heavy atom. The van der Waals surface area contributed by atoms with Crippen LogP contribution in [-0.4, -0.2) is 17.5 Å². The van der Waals surface area contributed by atoms with Gasteiger partial charge in [0, 0.05) is 17.1 Å². The number of nitriles is 1. The molecule has 0 amide bonds. The van der Waals surface area contributed by atoms with Crippen molar-refractivity contribution >= 4 is 22.3 Å². The van der Waals surface area contributed by atoms with Crippen LogP contribution in [-0.2, 0) is 4.74 Å². The van der Waals surface area contributed by atoms with E-state index >= 15 is 0 Å². The summed E-state index contributed by atoms with van der Waals surface area (Å²) in [5, 5.41) is 11.7. The lowest BCUT2D eigenvalue weighted by molar-refractivity contribution is 0.0604. The Kier molecular flexibility index (Phi) is 3.48. The van der Waals surface area contributed by atoms with Crippen molar-refractivity contribution in [3.8, 4) is 17.2 Å². The molecule has 4 heteroatoms. The van der Waals surface area contributed by atoms with E-state index in [4.69, 9.17) is 4.74 Å². The van der Waals surface area contributed by atoms with Gasteiger partial charge in [-0.25, -0.2) is 4.79 Å². The predicted molar refractivity (Wildman–Crippen MR) is 96.4 cm³/mol. The molecule has 4 rings (SSSR count). The van der Waals surface area contributed by atoms with E-state index in [1.807, 2.05) is 66.9 Å². The Hall–Kier alpha value is -3.58. The van der Waals surface area contributed by atoms with E-state index in [2.05, 4.69) is 6.07 Å². The second-order valence-corrected chi connectivity index (χ2v) is 5.69. The van der Waals surface area contributed by atoms with E-state index in [9.17, 15) is 10.1 Å². The fraction of sp³-hybridized carbons (Fsp3) is 0.0476. The molecule has 0 aliphatic heterocycles. The molecule has 2 heterocycles. The molecule has 0 N–H and O–H groups in total. The van der Waals surface area contributed by atoms with Crippen molar-refractivity contribution in [3.63, 3.8) is 0 Å². The molecule has 0 saturated heterocycles. The van der Waals surface area contributed by atoms with Gasteiger partial charge in [0.25, 0.3) is 0 Å². The van der Waals surface area contributed by atoms with Crippen molar-refractivity contribution in [2.24, 2.45) is 0 Å². The Morgan fingerprint density at radius 1 is 1.04 bits per heavy atom. The maximum Gasteiger partial charge on any atom is 0.340 e. The van der Waals surface area contributed by atoms with Crippen LogP contribution in [0, 0.1) is 11.3 Å². The van der Waals surface area contributed by atoms with Gasteiger partial charge in [-0.05, 0) is 17.0 Å². The van der Waals surface area contributed by atoms with Gasteiger partial charge in [0.1, 0.15) is 11.8 Å². The topological polar surface area (TPSA) is 54.5 Å². The highest BCUT2D eigenvalue weighted by Crippen LogP contribution is 2.36. The van der Waals surface area contributed by atoms with Gasteiger partial charge in [-0.1, -0.05) is 54.6 Å². The highest BCUT2D eigenvalue weighted by molar-refractivity contribution is 6.13. The largest absolute Gasteiger partial charge is 0.465 e. The van der Waals surface area contributed by atoms with Crippen molar-refractivity contribution < 1.29 is 9.53 Å². The number of nitrogens with zero attached hydrogens (tertiary/aromatic N) is 2. The number of esters is 1. The summed E-state index contributed by atoms with van der Waals surface area (Å²) in [6.45, 7) is 0. The second-order valence-electron chi connectivity index (χ2n) is 5.69. The molecule has 0 unspecified atom stereocenters. The normalized spacial score (nSPS) is 10.7. The summed E-state index contributed by atoms with van der Waals surface area (Å²) >= 11 is 0. The number of carbonyl (C=O) groups is 1. The van der Waals surface area contributed by atoms with Crippen molar-refractivity contribution in [2.45, 2.75) is 0 Å². The smallest absolute Gasteiger partial charge is 0.340 e. The van der Waals surface area contributed by atoms with Gasteiger partial charge >= 0.3 is 5.97 Å². The Labute approximate surface area is 144 Å². The number of rotatable bonds is 2. The Morgan fingerprint density at radius 2 is 1.76 bits per heavy atom. The van der Waals surface area contributed by atoms with Crippen molar-refractivity contribution in [3.05, 3.63) is 78.1 Å². The first-order valence-corrected chi connectivity index (χ1v) is 7.86. The van der Waals surface area contributed by atoms with Gasteiger partial charge in [0.2, 0.25) is 0 Å². The fourth-order valence-corrected chi connectivity index (χ4v) is 3.31. The molecule has 0 fully saturated rings. The van der Waals surface area contributed by atoms with Gasteiger partial charge in [-0.3, -0.25) is 0 Å². The van der Waals surface area contributed by atoms with Crippen molar-refractivity contribution in [1.29, 1.82) is 5.26 Å². The van der Waals surface area contributed by atoms with Crippen LogP contribution in [0.4, 0.5) is 0 Å². The maximum absolute atomic E-state index is 12.6. The highest BCUT2D eigenvalue weighted by Gasteiger charge is 2.26. The van der Waals surface area contributed by atoms with Crippen LogP contribution in [0.5, 0.6) is 0 Å². The minimum atomic E-state index is -0.450. The van der Waals surface area contributed by atoms with Crippen LogP contribution >= 0.6 is 0 Å². The molecule has 4 aromatic rings. The lowest BCUT2D eigenvalue weighted by Gasteiger charge is -2.05. The zero-order chi connectivity index (χ0) is 17.4. The molecule has 0 spiro atoms. The third-order valence-corrected chi connectivity index (χ3v) is 4.38. The number of benzene rings is 2. The average molecular weight is 326 g/mol. The number of pyridine rings is 1. The van der Waals surface area contributed by atoms with E-state index in [0.717, 1.165) is 16.3 Å². The molecule has 2 aromatic heterocycles. The first kappa shape index (κ1) is 15.0. The van der Waals surface area contributed by atoms with Gasteiger partial charge in [-0.15, -0.1) is 0 Å². The zero-order valence-corrected chi connectivity index (χ0v) is 13.6. The summed E-state index contributed by atoms with van der Waals surface area (Å²) in [7, 11) is 1.36. The molecule has 0 bridgehead atoms. The van der Waals surface area contributed by atoms with Gasteiger partial charge in [0.05, 0.1) is 18.2 Å². The molecule has 0 atom stereocenters. The van der Waals surface area contributed by atoms with Crippen LogP contribution < -0.4 is 0 Å². The van der Waals surface area contributed by atoms with E-state index < -0.39 is 5.97 Å². The van der Waals surface area contributed by atoms with Crippen LogP contribution in [0.15, 0.2) is 66.9 Å². The van der Waals surface area contributed by atoms with Crippen LogP contribution in [0.2, 0.25) is 0 Å². The Bertz CT molecular complexity index is 1150. The van der Waals surface area contributed by atoms with Crippen LogP contribution in [0.25, 0.3) is 27.4 Å². The summed E-state index contributed by atoms with van der Waals surface area (Å²) in [5.74, 6) is -0.450. The van der Waals surface area contributed by atoms with Gasteiger partial charge in [0.15, 0.2) is 0 Å². The van der Waals surface area contributed by atoms with E-state index in [-0.39, 0.29) is 0 Å². The van der Waals surface area contributed by atoms with Crippen LogP contribution in [0.1, 0.15) is 16.1 Å². The molecule has 2 aromatic carbocycles. The number of aromatic nitrogens is 1. The summed E-state index contributed by atoms with van der Waals surface area (Å²) in [6, 6.07) is 21.5. The molecular formula is C21H14N2O2. The van der Waals surface area contributed by atoms with E-state index in [0.29, 0.717) is 22.3 Å². The number of carbonyl (C=O) groups excluding carboxylic acids is 1. The third kappa shape index (κ3) is 2.18. The fourth-order valence-electron chi connectivity index (χ4n) is 3.31. The highest BCUT2D eigenvalue weighted by atomic mass is 16.5. The quantitative estimate of drug-likeness (QED) is 0.512. The third-order valence-electron chi connectivity index (χ3n) is 4.38. The number of fused-ring (bicyclic) bond motifs is 3. The lowest BCUT2D eigenvalue weighted by atomic mass is 9.99. The van der Waals surface area contributed by atoms with Crippen molar-refractivity contribution in [1.82, 2.24) is 4.40 Å². The number of ether oxygens (including phenoxy) is 1. The van der Waals surface area contributed by atoms with Crippen LogP contribution in [0.3, 0.4) is 0 Å². The summed E-state index contributed by atoms with van der Waals surface area (Å²) in [4.78, 5) is 12.6. The Balaban J connectivity index is 2.26. The predicted octanol–water partition coefficient (Wildman–Crippen LogP) is 4.42. The second kappa shape index (κ2) is 5.81. The minimum absolute atomic E-state index is 0.419.